The van der Waals surface area contributed by atoms with Crippen LogP contribution >= 0.6 is 0 Å². The summed E-state index contributed by atoms with van der Waals surface area (Å²) in [6, 6.07) is 4.85. The van der Waals surface area contributed by atoms with Gasteiger partial charge in [0.15, 0.2) is 16.4 Å². The first kappa shape index (κ1) is 17.1. The predicted octanol–water partition coefficient (Wildman–Crippen LogP) is 0.964. The van der Waals surface area contributed by atoms with Gasteiger partial charge in [0.1, 0.15) is 11.3 Å². The number of hydrogen-bond acceptors (Lipinski definition) is 6. The number of sulfone groups is 1. The molecule has 7 nitrogen and oxygen atoms in total. The first-order valence-corrected chi connectivity index (χ1v) is 10.4. The molecule has 1 saturated heterocycles. The minimum atomic E-state index is -3.04. The van der Waals surface area contributed by atoms with Gasteiger partial charge in [-0.1, -0.05) is 0 Å². The van der Waals surface area contributed by atoms with Gasteiger partial charge in [0.2, 0.25) is 0 Å². The van der Waals surface area contributed by atoms with Gasteiger partial charge >= 0.3 is 5.63 Å². The molecule has 2 heterocycles. The minimum absolute atomic E-state index is 0.0228. The molecule has 1 N–H and O–H groups in total. The minimum Gasteiger partial charge on any atom is -0.484 e. The monoisotopic (exact) mass is 377 g/mol. The van der Waals surface area contributed by atoms with Crippen molar-refractivity contribution in [2.24, 2.45) is 0 Å². The van der Waals surface area contributed by atoms with E-state index >= 15 is 0 Å². The van der Waals surface area contributed by atoms with Crippen LogP contribution in [-0.4, -0.2) is 38.5 Å². The van der Waals surface area contributed by atoms with Crippen molar-refractivity contribution < 1.29 is 22.4 Å². The topological polar surface area (TPSA) is 103 Å². The van der Waals surface area contributed by atoms with Crippen LogP contribution in [0, 0.1) is 0 Å². The molecule has 8 heteroatoms. The maximum absolute atomic E-state index is 12.0. The smallest absolute Gasteiger partial charge is 0.339 e. The molecular weight excluding hydrogens is 358 g/mol. The van der Waals surface area contributed by atoms with E-state index in [0.29, 0.717) is 17.8 Å². The Bertz CT molecular complexity index is 1040. The molecule has 2 aromatic rings. The molecule has 26 heavy (non-hydrogen) atoms. The van der Waals surface area contributed by atoms with Gasteiger partial charge in [-0.15, -0.1) is 0 Å². The fraction of sp³-hybridized carbons (Fsp3) is 0.444. The molecule has 0 radical (unpaired) electrons. The Morgan fingerprint density at radius 2 is 2.08 bits per heavy atom. The number of benzene rings is 1. The molecule has 1 amide bonds. The van der Waals surface area contributed by atoms with Crippen LogP contribution in [0.3, 0.4) is 0 Å². The van der Waals surface area contributed by atoms with E-state index in [1.807, 2.05) is 6.07 Å². The molecule has 138 valence electrons. The summed E-state index contributed by atoms with van der Waals surface area (Å²) in [5.74, 6) is 0.132. The lowest BCUT2D eigenvalue weighted by Gasteiger charge is -2.12. The Labute approximate surface area is 150 Å². The molecule has 1 aliphatic carbocycles. The zero-order valence-corrected chi connectivity index (χ0v) is 14.9. The van der Waals surface area contributed by atoms with Crippen molar-refractivity contribution >= 4 is 26.7 Å². The van der Waals surface area contributed by atoms with Gasteiger partial charge in [0.05, 0.1) is 11.5 Å². The summed E-state index contributed by atoms with van der Waals surface area (Å²) in [5.41, 5.74) is 1.96. The van der Waals surface area contributed by atoms with Crippen LogP contribution in [0.1, 0.15) is 24.0 Å². The van der Waals surface area contributed by atoms with Crippen molar-refractivity contribution in [1.82, 2.24) is 5.32 Å². The average molecular weight is 377 g/mol. The number of carbonyl (C=O) groups excluding carboxylic acids is 1. The molecule has 2 aliphatic rings. The van der Waals surface area contributed by atoms with E-state index in [4.69, 9.17) is 9.15 Å². The third-order valence-corrected chi connectivity index (χ3v) is 6.68. The largest absolute Gasteiger partial charge is 0.484 e. The zero-order valence-electron chi connectivity index (χ0n) is 14.1. The second-order valence-electron chi connectivity index (χ2n) is 6.81. The summed E-state index contributed by atoms with van der Waals surface area (Å²) in [5, 5.41) is 3.58. The van der Waals surface area contributed by atoms with E-state index < -0.39 is 9.84 Å². The Kier molecular flexibility index (Phi) is 4.22. The highest BCUT2D eigenvalue weighted by molar-refractivity contribution is 7.91. The number of ether oxygens (including phenoxy) is 1. The second-order valence-corrected chi connectivity index (χ2v) is 9.04. The lowest BCUT2D eigenvalue weighted by atomic mass is 10.1. The number of nitrogens with one attached hydrogen (secondary N) is 1. The van der Waals surface area contributed by atoms with E-state index in [9.17, 15) is 18.0 Å². The third-order valence-electron chi connectivity index (χ3n) is 4.91. The van der Waals surface area contributed by atoms with Crippen LogP contribution in [0.5, 0.6) is 5.75 Å². The SMILES string of the molecule is O=C(COc1ccc2c3c(c(=O)oc2c1)CCC3)NC1CCS(=O)(=O)C1. The summed E-state index contributed by atoms with van der Waals surface area (Å²) in [7, 11) is -3.04. The van der Waals surface area contributed by atoms with Gasteiger partial charge in [-0.05, 0) is 43.4 Å². The van der Waals surface area contributed by atoms with Crippen molar-refractivity contribution in [3.63, 3.8) is 0 Å². The normalized spacial score (nSPS) is 20.8. The van der Waals surface area contributed by atoms with Crippen LogP contribution in [0.2, 0.25) is 0 Å². The number of hydrogen-bond donors (Lipinski definition) is 1. The van der Waals surface area contributed by atoms with Crippen molar-refractivity contribution in [1.29, 1.82) is 0 Å². The highest BCUT2D eigenvalue weighted by atomic mass is 32.2. The highest BCUT2D eigenvalue weighted by Crippen LogP contribution is 2.29. The molecule has 0 spiro atoms. The van der Waals surface area contributed by atoms with Crippen LogP contribution in [0.15, 0.2) is 27.4 Å². The molecule has 0 saturated carbocycles. The second kappa shape index (κ2) is 6.42. The molecule has 1 atom stereocenters. The standard InChI is InChI=1S/C18H19NO6S/c20-17(19-11-6-7-26(22,23)10-11)9-24-12-4-5-14-13-2-1-3-15(13)18(21)25-16(14)8-12/h4-5,8,11H,1-3,6-7,9-10H2,(H,19,20). The lowest BCUT2D eigenvalue weighted by molar-refractivity contribution is -0.123. The Morgan fingerprint density at radius 3 is 2.85 bits per heavy atom. The van der Waals surface area contributed by atoms with Crippen LogP contribution in [-0.2, 0) is 27.5 Å². The number of rotatable bonds is 4. The van der Waals surface area contributed by atoms with Gasteiger partial charge in [-0.2, -0.15) is 0 Å². The molecular formula is C18H19NO6S. The van der Waals surface area contributed by atoms with Gasteiger partial charge in [-0.3, -0.25) is 4.79 Å². The number of aryl methyl sites for hydroxylation is 1. The van der Waals surface area contributed by atoms with Gasteiger partial charge in [0, 0.05) is 23.1 Å². The van der Waals surface area contributed by atoms with Crippen molar-refractivity contribution in [2.75, 3.05) is 18.1 Å². The molecule has 4 rings (SSSR count). The van der Waals surface area contributed by atoms with Crippen LogP contribution < -0.4 is 15.7 Å². The summed E-state index contributed by atoms with van der Waals surface area (Å²) in [6.45, 7) is -0.225. The van der Waals surface area contributed by atoms with E-state index in [2.05, 4.69) is 5.32 Å². The maximum Gasteiger partial charge on any atom is 0.339 e. The fourth-order valence-electron chi connectivity index (χ4n) is 3.68. The Balaban J connectivity index is 1.44. The molecule has 1 fully saturated rings. The van der Waals surface area contributed by atoms with Crippen LogP contribution in [0.25, 0.3) is 11.0 Å². The first-order valence-electron chi connectivity index (χ1n) is 8.62. The predicted molar refractivity (Wildman–Crippen MR) is 95.2 cm³/mol. The molecule has 1 unspecified atom stereocenters. The van der Waals surface area contributed by atoms with Crippen LogP contribution in [0.4, 0.5) is 0 Å². The van der Waals surface area contributed by atoms with Gasteiger partial charge in [0.25, 0.3) is 5.91 Å². The summed E-state index contributed by atoms with van der Waals surface area (Å²) < 4.78 is 33.7. The maximum atomic E-state index is 12.0. The number of fused-ring (bicyclic) bond motifs is 3. The van der Waals surface area contributed by atoms with E-state index in [-0.39, 0.29) is 35.7 Å². The molecule has 1 aromatic carbocycles. The molecule has 1 aliphatic heterocycles. The van der Waals surface area contributed by atoms with Crippen molar-refractivity contribution in [2.45, 2.75) is 31.7 Å². The highest BCUT2D eigenvalue weighted by Gasteiger charge is 2.29. The summed E-state index contributed by atoms with van der Waals surface area (Å²) in [6.07, 6.45) is 3.00. The fourth-order valence-corrected chi connectivity index (χ4v) is 5.35. The molecule has 0 bridgehead atoms. The lowest BCUT2D eigenvalue weighted by Crippen LogP contribution is -2.38. The van der Waals surface area contributed by atoms with E-state index in [1.165, 1.54) is 0 Å². The summed E-state index contributed by atoms with van der Waals surface area (Å²) in [4.78, 5) is 24.0. The molecule has 1 aromatic heterocycles. The van der Waals surface area contributed by atoms with Crippen molar-refractivity contribution in [3.8, 4) is 5.75 Å². The van der Waals surface area contributed by atoms with Gasteiger partial charge in [-0.25, -0.2) is 13.2 Å². The summed E-state index contributed by atoms with van der Waals surface area (Å²) >= 11 is 0. The Morgan fingerprint density at radius 1 is 1.27 bits per heavy atom. The number of amides is 1. The zero-order chi connectivity index (χ0) is 18.3. The van der Waals surface area contributed by atoms with E-state index in [1.54, 1.807) is 12.1 Å². The van der Waals surface area contributed by atoms with E-state index in [0.717, 1.165) is 35.8 Å². The quantitative estimate of drug-likeness (QED) is 0.797. The Hall–Kier alpha value is -2.35. The van der Waals surface area contributed by atoms with Gasteiger partial charge < -0.3 is 14.5 Å². The third kappa shape index (κ3) is 3.33. The first-order chi connectivity index (χ1) is 12.4. The average Bonchev–Trinajstić information content (AvgIpc) is 3.20. The number of carbonyl (C=O) groups is 1. The van der Waals surface area contributed by atoms with Crippen molar-refractivity contribution in [3.05, 3.63) is 39.7 Å².